The lowest BCUT2D eigenvalue weighted by atomic mass is 10.2. The molecule has 4 nitrogen and oxygen atoms in total. The van der Waals surface area contributed by atoms with Crippen molar-refractivity contribution in [3.63, 3.8) is 0 Å². The van der Waals surface area contributed by atoms with Gasteiger partial charge in [0.05, 0.1) is 6.61 Å². The molecular formula is C14H14O4S. The summed E-state index contributed by atoms with van der Waals surface area (Å²) in [4.78, 5) is 10.7. The minimum Gasteiger partial charge on any atom is -0.494 e. The van der Waals surface area contributed by atoms with Crippen LogP contribution in [0.1, 0.15) is 23.0 Å². The Morgan fingerprint density at radius 2 is 2.11 bits per heavy atom. The van der Waals surface area contributed by atoms with E-state index in [1.54, 1.807) is 6.07 Å². The zero-order valence-corrected chi connectivity index (χ0v) is 11.3. The van der Waals surface area contributed by atoms with Crippen molar-refractivity contribution in [2.75, 3.05) is 6.61 Å². The van der Waals surface area contributed by atoms with E-state index < -0.39 is 5.97 Å². The first-order valence-electron chi connectivity index (χ1n) is 5.87. The number of furan rings is 1. The third kappa shape index (κ3) is 3.54. The van der Waals surface area contributed by atoms with E-state index in [0.29, 0.717) is 17.5 Å². The van der Waals surface area contributed by atoms with Gasteiger partial charge in [0, 0.05) is 11.3 Å². The highest BCUT2D eigenvalue weighted by Crippen LogP contribution is 2.29. The molecule has 0 saturated carbocycles. The van der Waals surface area contributed by atoms with Crippen LogP contribution in [0, 0.1) is 0 Å². The fraction of sp³-hybridized carbons (Fsp3) is 0.214. The Morgan fingerprint density at radius 3 is 2.79 bits per heavy atom. The Bertz CT molecular complexity index is 562. The maximum atomic E-state index is 10.7. The zero-order valence-electron chi connectivity index (χ0n) is 10.5. The number of hydrogen-bond acceptors (Lipinski definition) is 4. The van der Waals surface area contributed by atoms with Crippen LogP contribution in [-0.2, 0) is 5.75 Å². The second kappa shape index (κ2) is 6.33. The summed E-state index contributed by atoms with van der Waals surface area (Å²) >= 11 is 1.44. The quantitative estimate of drug-likeness (QED) is 0.817. The second-order valence-corrected chi connectivity index (χ2v) is 4.73. The van der Waals surface area contributed by atoms with Gasteiger partial charge in [-0.05, 0) is 25.1 Å². The monoisotopic (exact) mass is 278 g/mol. The van der Waals surface area contributed by atoms with Gasteiger partial charge in [0.2, 0.25) is 5.76 Å². The molecule has 1 heterocycles. The minimum absolute atomic E-state index is 0.0411. The van der Waals surface area contributed by atoms with Gasteiger partial charge in [-0.15, -0.1) is 0 Å². The molecule has 0 unspecified atom stereocenters. The van der Waals surface area contributed by atoms with Crippen molar-refractivity contribution < 1.29 is 19.1 Å². The molecule has 2 rings (SSSR count). The summed E-state index contributed by atoms with van der Waals surface area (Å²) < 4.78 is 10.7. The van der Waals surface area contributed by atoms with Gasteiger partial charge in [-0.25, -0.2) is 4.79 Å². The Kier molecular flexibility index (Phi) is 4.52. The first-order valence-corrected chi connectivity index (χ1v) is 6.86. The van der Waals surface area contributed by atoms with Crippen molar-refractivity contribution in [1.29, 1.82) is 0 Å². The van der Waals surface area contributed by atoms with Gasteiger partial charge in [-0.3, -0.25) is 0 Å². The summed E-state index contributed by atoms with van der Waals surface area (Å²) in [5, 5.41) is 9.36. The molecule has 0 spiro atoms. The summed E-state index contributed by atoms with van der Waals surface area (Å²) in [6.45, 7) is 2.56. The van der Waals surface area contributed by atoms with Gasteiger partial charge in [0.25, 0.3) is 0 Å². The van der Waals surface area contributed by atoms with E-state index in [0.717, 1.165) is 11.3 Å². The molecule has 100 valence electrons. The maximum absolute atomic E-state index is 10.7. The van der Waals surface area contributed by atoms with Crippen LogP contribution in [0.15, 0.2) is 45.9 Å². The summed E-state index contributed by atoms with van der Waals surface area (Å²) in [7, 11) is 0. The van der Waals surface area contributed by atoms with Crippen molar-refractivity contribution >= 4 is 17.7 Å². The molecule has 0 saturated heterocycles. The molecule has 2 aromatic rings. The van der Waals surface area contributed by atoms with Crippen molar-refractivity contribution in [2.24, 2.45) is 0 Å². The summed E-state index contributed by atoms with van der Waals surface area (Å²) in [6.07, 6.45) is 0. The summed E-state index contributed by atoms with van der Waals surface area (Å²) in [6, 6.07) is 10.9. The number of carboxylic acids is 1. The molecule has 1 aromatic carbocycles. The minimum atomic E-state index is -1.05. The van der Waals surface area contributed by atoms with Crippen molar-refractivity contribution in [2.45, 2.75) is 17.8 Å². The number of ether oxygens (including phenoxy) is 1. The van der Waals surface area contributed by atoms with Gasteiger partial charge in [0.15, 0.2) is 5.09 Å². The molecule has 5 heteroatoms. The van der Waals surface area contributed by atoms with Gasteiger partial charge >= 0.3 is 5.97 Å². The molecule has 0 amide bonds. The predicted molar refractivity (Wildman–Crippen MR) is 72.8 cm³/mol. The zero-order chi connectivity index (χ0) is 13.7. The highest BCUT2D eigenvalue weighted by Gasteiger charge is 2.10. The highest BCUT2D eigenvalue weighted by molar-refractivity contribution is 7.98. The third-order valence-corrected chi connectivity index (χ3v) is 3.39. The summed E-state index contributed by atoms with van der Waals surface area (Å²) in [5.41, 5.74) is 1.06. The number of rotatable bonds is 6. The lowest BCUT2D eigenvalue weighted by Gasteiger charge is -2.08. The number of thioether (sulfide) groups is 1. The van der Waals surface area contributed by atoms with Crippen LogP contribution in [0.4, 0.5) is 0 Å². The average Bonchev–Trinajstić information content (AvgIpc) is 2.87. The molecule has 0 fully saturated rings. The van der Waals surface area contributed by atoms with E-state index in [1.165, 1.54) is 17.8 Å². The highest BCUT2D eigenvalue weighted by atomic mass is 32.2. The number of hydrogen-bond donors (Lipinski definition) is 1. The second-order valence-electron chi connectivity index (χ2n) is 3.75. The van der Waals surface area contributed by atoms with Crippen LogP contribution in [0.3, 0.4) is 0 Å². The van der Waals surface area contributed by atoms with E-state index in [-0.39, 0.29) is 5.76 Å². The van der Waals surface area contributed by atoms with Crippen molar-refractivity contribution in [1.82, 2.24) is 0 Å². The van der Waals surface area contributed by atoms with Crippen LogP contribution in [0.2, 0.25) is 0 Å². The van der Waals surface area contributed by atoms with Crippen LogP contribution in [-0.4, -0.2) is 17.7 Å². The molecular weight excluding hydrogens is 264 g/mol. The van der Waals surface area contributed by atoms with E-state index in [4.69, 9.17) is 14.3 Å². The Morgan fingerprint density at radius 1 is 1.32 bits per heavy atom. The van der Waals surface area contributed by atoms with Crippen LogP contribution < -0.4 is 4.74 Å². The van der Waals surface area contributed by atoms with Crippen LogP contribution in [0.5, 0.6) is 5.75 Å². The van der Waals surface area contributed by atoms with E-state index in [1.807, 2.05) is 31.2 Å². The van der Waals surface area contributed by atoms with E-state index in [9.17, 15) is 4.79 Å². The topological polar surface area (TPSA) is 59.7 Å². The summed E-state index contributed by atoms with van der Waals surface area (Å²) in [5.74, 6) is 0.424. The standard InChI is InChI=1S/C14H14O4S/c1-2-17-11-6-4-3-5-10(11)9-19-13-8-7-12(18-13)14(15)16/h3-8H,2,9H2,1H3,(H,15,16). The lowest BCUT2D eigenvalue weighted by Crippen LogP contribution is -1.95. The molecule has 19 heavy (non-hydrogen) atoms. The number of aromatic carboxylic acids is 1. The molecule has 1 N–H and O–H groups in total. The molecule has 0 atom stereocenters. The van der Waals surface area contributed by atoms with Crippen LogP contribution in [0.25, 0.3) is 0 Å². The molecule has 0 aliphatic heterocycles. The predicted octanol–water partition coefficient (Wildman–Crippen LogP) is 3.67. The van der Waals surface area contributed by atoms with E-state index >= 15 is 0 Å². The maximum Gasteiger partial charge on any atom is 0.371 e. The molecule has 0 aliphatic carbocycles. The Balaban J connectivity index is 2.03. The fourth-order valence-electron chi connectivity index (χ4n) is 1.58. The molecule has 0 bridgehead atoms. The molecule has 1 aromatic heterocycles. The number of para-hydroxylation sites is 1. The first kappa shape index (κ1) is 13.5. The largest absolute Gasteiger partial charge is 0.494 e. The normalized spacial score (nSPS) is 10.4. The average molecular weight is 278 g/mol. The van der Waals surface area contributed by atoms with Gasteiger partial charge in [0.1, 0.15) is 5.75 Å². The number of carboxylic acid groups (broad SMARTS) is 1. The van der Waals surface area contributed by atoms with Crippen molar-refractivity contribution in [3.05, 3.63) is 47.7 Å². The Labute approximate surface area is 115 Å². The van der Waals surface area contributed by atoms with Gasteiger partial charge < -0.3 is 14.3 Å². The third-order valence-electron chi connectivity index (χ3n) is 2.43. The van der Waals surface area contributed by atoms with Crippen LogP contribution >= 0.6 is 11.8 Å². The number of benzene rings is 1. The molecule has 0 aliphatic rings. The SMILES string of the molecule is CCOc1ccccc1CSc1ccc(C(=O)O)o1. The smallest absolute Gasteiger partial charge is 0.371 e. The van der Waals surface area contributed by atoms with Gasteiger partial charge in [-0.1, -0.05) is 30.0 Å². The Hall–Kier alpha value is -1.88. The molecule has 0 radical (unpaired) electrons. The van der Waals surface area contributed by atoms with Crippen molar-refractivity contribution in [3.8, 4) is 5.75 Å². The first-order chi connectivity index (χ1) is 9.20. The lowest BCUT2D eigenvalue weighted by molar-refractivity contribution is 0.0656. The van der Waals surface area contributed by atoms with E-state index in [2.05, 4.69) is 0 Å². The van der Waals surface area contributed by atoms with Gasteiger partial charge in [-0.2, -0.15) is 0 Å². The fourth-order valence-corrected chi connectivity index (χ4v) is 2.43. The number of carbonyl (C=O) groups is 1.